The molecular formula is C16H10Cl5NO4. The van der Waals surface area contributed by atoms with Gasteiger partial charge in [-0.3, -0.25) is 4.79 Å². The molecule has 0 heterocycles. The number of hydrogen-bond acceptors (Lipinski definition) is 4. The summed E-state index contributed by atoms with van der Waals surface area (Å²) < 4.78 is 10.0. The molecule has 5 nitrogen and oxygen atoms in total. The maximum atomic E-state index is 11.8. The Hall–Kier alpha value is -1.37. The highest BCUT2D eigenvalue weighted by molar-refractivity contribution is 6.43. The topological polar surface area (TPSA) is 64.6 Å². The number of nitrogens with one attached hydrogen (secondary N) is 1. The first-order valence-corrected chi connectivity index (χ1v) is 8.83. The van der Waals surface area contributed by atoms with Crippen LogP contribution in [0.3, 0.4) is 0 Å². The number of carbonyl (C=O) groups excluding carboxylic acids is 2. The lowest BCUT2D eigenvalue weighted by Gasteiger charge is -2.10. The molecule has 0 aliphatic heterocycles. The van der Waals surface area contributed by atoms with Gasteiger partial charge in [0.2, 0.25) is 0 Å². The van der Waals surface area contributed by atoms with Gasteiger partial charge in [0.05, 0.1) is 25.1 Å². The lowest BCUT2D eigenvalue weighted by molar-refractivity contribution is -0.149. The summed E-state index contributed by atoms with van der Waals surface area (Å²) in [6, 6.07) is 7.32. The zero-order valence-electron chi connectivity index (χ0n) is 12.8. The van der Waals surface area contributed by atoms with Crippen molar-refractivity contribution in [2.24, 2.45) is 0 Å². The molecule has 26 heavy (non-hydrogen) atoms. The Morgan fingerprint density at radius 1 is 0.808 bits per heavy atom. The fraction of sp³-hybridized carbons (Fsp3) is 0.125. The zero-order chi connectivity index (χ0) is 19.3. The van der Waals surface area contributed by atoms with Crippen molar-refractivity contribution in [1.82, 2.24) is 0 Å². The Morgan fingerprint density at radius 2 is 1.46 bits per heavy atom. The van der Waals surface area contributed by atoms with Gasteiger partial charge in [0, 0.05) is 11.8 Å². The van der Waals surface area contributed by atoms with E-state index in [9.17, 15) is 9.59 Å². The van der Waals surface area contributed by atoms with Crippen molar-refractivity contribution in [3.8, 4) is 5.75 Å². The van der Waals surface area contributed by atoms with Gasteiger partial charge in [-0.25, -0.2) is 4.79 Å². The van der Waals surface area contributed by atoms with Gasteiger partial charge in [0.1, 0.15) is 5.75 Å². The maximum absolute atomic E-state index is 11.8. The average Bonchev–Trinajstić information content (AvgIpc) is 2.58. The van der Waals surface area contributed by atoms with Crippen molar-refractivity contribution in [3.05, 3.63) is 55.4 Å². The molecular weight excluding hydrogens is 447 g/mol. The lowest BCUT2D eigenvalue weighted by Crippen LogP contribution is -2.23. The molecule has 1 amide bonds. The lowest BCUT2D eigenvalue weighted by atomic mass is 10.3. The van der Waals surface area contributed by atoms with E-state index < -0.39 is 25.1 Å². The number of amides is 1. The SMILES string of the molecule is O=C(COC(=O)COc1cc(Cl)c(Cl)cc1Cl)Nc1ccc(Cl)c(Cl)c1. The highest BCUT2D eigenvalue weighted by Gasteiger charge is 2.12. The minimum Gasteiger partial charge on any atom is -0.480 e. The molecule has 0 aliphatic carbocycles. The van der Waals surface area contributed by atoms with Crippen LogP contribution in [0.1, 0.15) is 0 Å². The third-order valence-corrected chi connectivity index (χ3v) is 4.64. The Bertz CT molecular complexity index is 844. The molecule has 0 aliphatic rings. The second-order valence-electron chi connectivity index (χ2n) is 4.82. The van der Waals surface area contributed by atoms with Crippen molar-refractivity contribution in [2.45, 2.75) is 0 Å². The van der Waals surface area contributed by atoms with Gasteiger partial charge < -0.3 is 14.8 Å². The maximum Gasteiger partial charge on any atom is 0.344 e. The first-order chi connectivity index (χ1) is 12.3. The van der Waals surface area contributed by atoms with Crippen molar-refractivity contribution < 1.29 is 19.1 Å². The predicted molar refractivity (Wildman–Crippen MR) is 103 cm³/mol. The smallest absolute Gasteiger partial charge is 0.344 e. The number of anilines is 1. The van der Waals surface area contributed by atoms with Crippen molar-refractivity contribution in [3.63, 3.8) is 0 Å². The predicted octanol–water partition coefficient (Wildman–Crippen LogP) is 5.51. The van der Waals surface area contributed by atoms with Gasteiger partial charge in [-0.05, 0) is 24.3 Å². The molecule has 2 aromatic rings. The first kappa shape index (κ1) is 20.9. The molecule has 0 radical (unpaired) electrons. The number of halogens is 5. The van der Waals surface area contributed by atoms with Gasteiger partial charge in [0.15, 0.2) is 13.2 Å². The summed E-state index contributed by atoms with van der Waals surface area (Å²) in [6.07, 6.45) is 0. The summed E-state index contributed by atoms with van der Waals surface area (Å²) in [6.45, 7) is -0.963. The van der Waals surface area contributed by atoms with E-state index in [2.05, 4.69) is 5.32 Å². The normalized spacial score (nSPS) is 10.3. The summed E-state index contributed by atoms with van der Waals surface area (Å²) >= 11 is 29.2. The number of carbonyl (C=O) groups is 2. The van der Waals surface area contributed by atoms with Gasteiger partial charge in [-0.1, -0.05) is 58.0 Å². The van der Waals surface area contributed by atoms with E-state index in [0.717, 1.165) is 0 Å². The van der Waals surface area contributed by atoms with Gasteiger partial charge in [0.25, 0.3) is 5.91 Å². The van der Waals surface area contributed by atoms with E-state index in [1.165, 1.54) is 24.3 Å². The first-order valence-electron chi connectivity index (χ1n) is 6.94. The van der Waals surface area contributed by atoms with E-state index in [-0.39, 0.29) is 25.8 Å². The van der Waals surface area contributed by atoms with Crippen LogP contribution in [0.2, 0.25) is 25.1 Å². The molecule has 10 heteroatoms. The van der Waals surface area contributed by atoms with Crippen LogP contribution in [0.4, 0.5) is 5.69 Å². The average molecular weight is 458 g/mol. The van der Waals surface area contributed by atoms with Gasteiger partial charge in [-0.2, -0.15) is 0 Å². The van der Waals surface area contributed by atoms with Gasteiger partial charge in [-0.15, -0.1) is 0 Å². The van der Waals surface area contributed by atoms with E-state index in [0.29, 0.717) is 10.7 Å². The largest absolute Gasteiger partial charge is 0.480 e. The number of hydrogen-bond donors (Lipinski definition) is 1. The summed E-state index contributed by atoms with van der Waals surface area (Å²) in [5.41, 5.74) is 0.416. The highest BCUT2D eigenvalue weighted by atomic mass is 35.5. The van der Waals surface area contributed by atoms with Crippen LogP contribution in [0.5, 0.6) is 5.75 Å². The molecule has 0 atom stereocenters. The highest BCUT2D eigenvalue weighted by Crippen LogP contribution is 2.33. The summed E-state index contributed by atoms with van der Waals surface area (Å²) in [5, 5.41) is 3.81. The molecule has 0 saturated carbocycles. The molecule has 2 rings (SSSR count). The summed E-state index contributed by atoms with van der Waals surface area (Å²) in [7, 11) is 0. The van der Waals surface area contributed by atoms with E-state index >= 15 is 0 Å². The van der Waals surface area contributed by atoms with Crippen LogP contribution in [0.25, 0.3) is 0 Å². The Balaban J connectivity index is 1.80. The van der Waals surface area contributed by atoms with Crippen molar-refractivity contribution in [1.29, 1.82) is 0 Å². The molecule has 0 unspecified atom stereocenters. The molecule has 0 saturated heterocycles. The number of rotatable bonds is 6. The quantitative estimate of drug-likeness (QED) is 0.459. The Labute approximate surface area is 174 Å². The summed E-state index contributed by atoms with van der Waals surface area (Å²) in [5.74, 6) is -1.15. The van der Waals surface area contributed by atoms with Crippen LogP contribution in [-0.4, -0.2) is 25.1 Å². The standard InChI is InChI=1S/C16H10Cl5NO4/c17-9-2-1-8(3-10(9)18)22-15(23)6-26-16(24)7-25-14-5-12(20)11(19)4-13(14)21/h1-5H,6-7H2,(H,22,23). The second-order valence-corrected chi connectivity index (χ2v) is 6.86. The number of ether oxygens (including phenoxy) is 2. The third kappa shape index (κ3) is 6.11. The molecule has 1 N–H and O–H groups in total. The molecule has 0 bridgehead atoms. The molecule has 0 spiro atoms. The van der Waals surface area contributed by atoms with Crippen molar-refractivity contribution in [2.75, 3.05) is 18.5 Å². The zero-order valence-corrected chi connectivity index (χ0v) is 16.6. The minimum absolute atomic E-state index is 0.165. The van der Waals surface area contributed by atoms with Crippen LogP contribution in [-0.2, 0) is 14.3 Å². The molecule has 138 valence electrons. The van der Waals surface area contributed by atoms with Crippen LogP contribution < -0.4 is 10.1 Å². The molecule has 0 aromatic heterocycles. The second kappa shape index (κ2) is 9.53. The Morgan fingerprint density at radius 3 is 2.15 bits per heavy atom. The van der Waals surface area contributed by atoms with E-state index in [1.54, 1.807) is 6.07 Å². The minimum atomic E-state index is -0.767. The van der Waals surface area contributed by atoms with E-state index in [1.807, 2.05) is 0 Å². The van der Waals surface area contributed by atoms with Crippen LogP contribution >= 0.6 is 58.0 Å². The van der Waals surface area contributed by atoms with E-state index in [4.69, 9.17) is 67.5 Å². The van der Waals surface area contributed by atoms with Crippen LogP contribution in [0, 0.1) is 0 Å². The third-order valence-electron chi connectivity index (χ3n) is 2.89. The van der Waals surface area contributed by atoms with Crippen LogP contribution in [0.15, 0.2) is 30.3 Å². The number of benzene rings is 2. The fourth-order valence-electron chi connectivity index (χ4n) is 1.71. The van der Waals surface area contributed by atoms with Gasteiger partial charge >= 0.3 is 5.97 Å². The Kier molecular flexibility index (Phi) is 7.68. The molecule has 0 fully saturated rings. The monoisotopic (exact) mass is 455 g/mol. The molecule has 2 aromatic carbocycles. The summed E-state index contributed by atoms with van der Waals surface area (Å²) in [4.78, 5) is 23.4. The number of esters is 1. The fourth-order valence-corrected chi connectivity index (χ4v) is 2.60. The van der Waals surface area contributed by atoms with Crippen molar-refractivity contribution >= 4 is 75.6 Å².